The molecule has 27 heavy (non-hydrogen) atoms. The topological polar surface area (TPSA) is 64.0 Å². The van der Waals surface area contributed by atoms with E-state index in [1.54, 1.807) is 0 Å². The first-order valence-corrected chi connectivity index (χ1v) is 9.38. The molecule has 4 heterocycles. The molecule has 0 bridgehead atoms. The van der Waals surface area contributed by atoms with Gasteiger partial charge < -0.3 is 14.4 Å². The number of benzene rings is 1. The zero-order valence-corrected chi connectivity index (χ0v) is 15.1. The first kappa shape index (κ1) is 16.4. The van der Waals surface area contributed by atoms with Crippen molar-refractivity contribution in [2.75, 3.05) is 13.1 Å². The Kier molecular flexibility index (Phi) is 3.93. The van der Waals surface area contributed by atoms with Crippen LogP contribution in [0.25, 0.3) is 0 Å². The number of carbonyl (C=O) groups excluding carboxylic acids is 1. The standard InChI is InChI=1S/C21H21N3O3/c25-18-12-15-4-1-2-5-16(15)13-26-20(23-18)24-10-7-21(8-11-24)19-17(14-27-21)6-3-9-22-19/h1-6,9H,7-8,10-14H2/b23-20-. The van der Waals surface area contributed by atoms with Crippen LogP contribution in [0.15, 0.2) is 47.6 Å². The van der Waals surface area contributed by atoms with Gasteiger partial charge in [0.2, 0.25) is 0 Å². The Morgan fingerprint density at radius 2 is 1.74 bits per heavy atom. The second-order valence-corrected chi connectivity index (χ2v) is 7.30. The van der Waals surface area contributed by atoms with Crippen molar-refractivity contribution in [2.45, 2.75) is 38.1 Å². The first-order chi connectivity index (χ1) is 13.2. The van der Waals surface area contributed by atoms with Crippen LogP contribution in [-0.2, 0) is 39.5 Å². The molecule has 1 amide bonds. The molecule has 1 aromatic carbocycles. The Balaban J connectivity index is 1.33. The number of carbonyl (C=O) groups is 1. The van der Waals surface area contributed by atoms with Crippen LogP contribution >= 0.6 is 0 Å². The van der Waals surface area contributed by atoms with Crippen molar-refractivity contribution in [1.29, 1.82) is 0 Å². The van der Waals surface area contributed by atoms with E-state index in [2.05, 4.69) is 20.9 Å². The molecule has 1 saturated heterocycles. The molecule has 1 aromatic heterocycles. The number of pyridine rings is 1. The molecule has 0 N–H and O–H groups in total. The molecular weight excluding hydrogens is 342 g/mol. The average Bonchev–Trinajstić information content (AvgIpc) is 3.04. The molecule has 0 aliphatic carbocycles. The van der Waals surface area contributed by atoms with Gasteiger partial charge in [0.1, 0.15) is 12.2 Å². The van der Waals surface area contributed by atoms with Gasteiger partial charge >= 0.3 is 0 Å². The van der Waals surface area contributed by atoms with Gasteiger partial charge in [0.15, 0.2) is 0 Å². The Bertz CT molecular complexity index is 916. The quantitative estimate of drug-likeness (QED) is 0.720. The maximum Gasteiger partial charge on any atom is 0.295 e. The minimum absolute atomic E-state index is 0.165. The number of hydrogen-bond acceptors (Lipinski definition) is 5. The highest BCUT2D eigenvalue weighted by atomic mass is 16.5. The van der Waals surface area contributed by atoms with Crippen LogP contribution < -0.4 is 0 Å². The molecule has 1 spiro atoms. The fourth-order valence-electron chi connectivity index (χ4n) is 4.21. The highest BCUT2D eigenvalue weighted by molar-refractivity contribution is 5.92. The summed E-state index contributed by atoms with van der Waals surface area (Å²) >= 11 is 0. The summed E-state index contributed by atoms with van der Waals surface area (Å²) in [7, 11) is 0. The Labute approximate surface area is 157 Å². The Hall–Kier alpha value is -2.73. The fourth-order valence-corrected chi connectivity index (χ4v) is 4.21. The lowest BCUT2D eigenvalue weighted by Crippen LogP contribution is -2.46. The maximum absolute atomic E-state index is 12.3. The van der Waals surface area contributed by atoms with Gasteiger partial charge in [-0.1, -0.05) is 30.3 Å². The van der Waals surface area contributed by atoms with Crippen molar-refractivity contribution in [3.63, 3.8) is 0 Å². The van der Waals surface area contributed by atoms with E-state index >= 15 is 0 Å². The SMILES string of the molecule is O=C1Cc2ccccc2CO/C(N2CCC3(CC2)OCc2cccnc23)=N\1. The summed E-state index contributed by atoms with van der Waals surface area (Å²) in [5, 5.41) is 0. The number of fused-ring (bicyclic) bond motifs is 3. The lowest BCUT2D eigenvalue weighted by atomic mass is 9.87. The molecule has 1 fully saturated rings. The number of aromatic nitrogens is 1. The number of ether oxygens (including phenoxy) is 2. The van der Waals surface area contributed by atoms with E-state index in [0.29, 0.717) is 25.7 Å². The first-order valence-electron chi connectivity index (χ1n) is 9.38. The van der Waals surface area contributed by atoms with Crippen LogP contribution in [0.2, 0.25) is 0 Å². The van der Waals surface area contributed by atoms with E-state index in [9.17, 15) is 4.79 Å². The molecule has 0 radical (unpaired) electrons. The minimum Gasteiger partial charge on any atom is -0.460 e. The predicted molar refractivity (Wildman–Crippen MR) is 98.9 cm³/mol. The number of hydrogen-bond donors (Lipinski definition) is 0. The van der Waals surface area contributed by atoms with Gasteiger partial charge in [-0.2, -0.15) is 4.99 Å². The summed E-state index contributed by atoms with van der Waals surface area (Å²) in [6.45, 7) is 2.51. The molecule has 0 unspecified atom stereocenters. The van der Waals surface area contributed by atoms with Crippen molar-refractivity contribution in [3.05, 3.63) is 65.0 Å². The van der Waals surface area contributed by atoms with E-state index in [4.69, 9.17) is 9.47 Å². The van der Waals surface area contributed by atoms with Gasteiger partial charge in [-0.05, 0) is 30.0 Å². The van der Waals surface area contributed by atoms with Crippen molar-refractivity contribution in [1.82, 2.24) is 9.88 Å². The lowest BCUT2D eigenvalue weighted by molar-refractivity contribution is -0.117. The van der Waals surface area contributed by atoms with Crippen LogP contribution in [0.1, 0.15) is 35.2 Å². The molecule has 5 rings (SSSR count). The van der Waals surface area contributed by atoms with E-state index in [1.807, 2.05) is 36.5 Å². The monoisotopic (exact) mass is 363 g/mol. The van der Waals surface area contributed by atoms with Crippen LogP contribution in [0.5, 0.6) is 0 Å². The molecule has 3 aliphatic rings. The third-order valence-corrected chi connectivity index (χ3v) is 5.71. The molecule has 3 aliphatic heterocycles. The van der Waals surface area contributed by atoms with Gasteiger partial charge in [-0.15, -0.1) is 0 Å². The average molecular weight is 363 g/mol. The van der Waals surface area contributed by atoms with Crippen molar-refractivity contribution >= 4 is 11.9 Å². The molecule has 0 saturated carbocycles. The second-order valence-electron chi connectivity index (χ2n) is 7.30. The molecule has 2 aromatic rings. The van der Waals surface area contributed by atoms with Crippen LogP contribution in [0.3, 0.4) is 0 Å². The third kappa shape index (κ3) is 2.90. The maximum atomic E-state index is 12.3. The lowest BCUT2D eigenvalue weighted by Gasteiger charge is -2.39. The van der Waals surface area contributed by atoms with E-state index in [0.717, 1.165) is 42.8 Å². The van der Waals surface area contributed by atoms with E-state index < -0.39 is 0 Å². The molecule has 6 nitrogen and oxygen atoms in total. The van der Waals surface area contributed by atoms with E-state index in [-0.39, 0.29) is 11.5 Å². The van der Waals surface area contributed by atoms with Crippen molar-refractivity contribution < 1.29 is 14.3 Å². The molecular formula is C21H21N3O3. The zero-order valence-electron chi connectivity index (χ0n) is 15.1. The number of piperidine rings is 1. The van der Waals surface area contributed by atoms with Gasteiger partial charge in [0, 0.05) is 24.8 Å². The number of rotatable bonds is 0. The summed E-state index contributed by atoms with van der Waals surface area (Å²) in [5.74, 6) is -0.165. The summed E-state index contributed by atoms with van der Waals surface area (Å²) in [4.78, 5) is 23.2. The number of amides is 1. The van der Waals surface area contributed by atoms with Crippen LogP contribution in [-0.4, -0.2) is 34.9 Å². The van der Waals surface area contributed by atoms with Gasteiger partial charge in [0.05, 0.1) is 18.7 Å². The molecule has 138 valence electrons. The Morgan fingerprint density at radius 1 is 0.963 bits per heavy atom. The van der Waals surface area contributed by atoms with Gasteiger partial charge in [0.25, 0.3) is 11.9 Å². The summed E-state index contributed by atoms with van der Waals surface area (Å²) in [6, 6.07) is 12.4. The predicted octanol–water partition coefficient (Wildman–Crippen LogP) is 2.56. The normalized spacial score (nSPS) is 22.9. The third-order valence-electron chi connectivity index (χ3n) is 5.71. The number of likely N-dealkylation sites (tertiary alicyclic amines) is 1. The van der Waals surface area contributed by atoms with E-state index in [1.165, 1.54) is 5.56 Å². The number of amidine groups is 1. The minimum atomic E-state index is -0.314. The van der Waals surface area contributed by atoms with Gasteiger partial charge in [-0.3, -0.25) is 9.78 Å². The van der Waals surface area contributed by atoms with Crippen LogP contribution in [0.4, 0.5) is 0 Å². The number of nitrogens with zero attached hydrogens (tertiary/aromatic N) is 3. The fraction of sp³-hybridized carbons (Fsp3) is 0.381. The smallest absolute Gasteiger partial charge is 0.295 e. The zero-order chi connectivity index (χ0) is 18.3. The van der Waals surface area contributed by atoms with Crippen molar-refractivity contribution in [2.24, 2.45) is 4.99 Å². The van der Waals surface area contributed by atoms with Crippen LogP contribution in [0, 0.1) is 0 Å². The summed E-state index contributed by atoms with van der Waals surface area (Å²) in [5.41, 5.74) is 3.97. The summed E-state index contributed by atoms with van der Waals surface area (Å²) in [6.07, 6.45) is 3.77. The van der Waals surface area contributed by atoms with Gasteiger partial charge in [-0.25, -0.2) is 0 Å². The Morgan fingerprint density at radius 3 is 2.59 bits per heavy atom. The summed E-state index contributed by atoms with van der Waals surface area (Å²) < 4.78 is 12.1. The largest absolute Gasteiger partial charge is 0.460 e. The molecule has 6 heteroatoms. The molecule has 0 atom stereocenters. The highest BCUT2D eigenvalue weighted by Crippen LogP contribution is 2.42. The second kappa shape index (κ2) is 6.46. The van der Waals surface area contributed by atoms with Crippen molar-refractivity contribution in [3.8, 4) is 0 Å². The number of aliphatic imine (C=N–C) groups is 1. The highest BCUT2D eigenvalue weighted by Gasteiger charge is 2.44.